The van der Waals surface area contributed by atoms with Crippen LogP contribution in [0.2, 0.25) is 0 Å². The normalized spacial score (nSPS) is 11.5. The van der Waals surface area contributed by atoms with Crippen molar-refractivity contribution < 1.29 is 0 Å². The van der Waals surface area contributed by atoms with Gasteiger partial charge in [-0.3, -0.25) is 0 Å². The van der Waals surface area contributed by atoms with Gasteiger partial charge in [-0.15, -0.1) is 0 Å². The van der Waals surface area contributed by atoms with Gasteiger partial charge in [0.05, 0.1) is 11.0 Å². The second-order valence-electron chi connectivity index (χ2n) is 3.26. The van der Waals surface area contributed by atoms with Gasteiger partial charge in [0.15, 0.2) is 5.82 Å². The number of imidazole rings is 1. The van der Waals surface area contributed by atoms with Crippen LogP contribution in [0.25, 0.3) is 23.2 Å². The lowest BCUT2D eigenvalue weighted by atomic mass is 10.3. The maximum absolute atomic E-state index is 4.42. The molecule has 3 aromatic rings. The lowest BCUT2D eigenvalue weighted by molar-refractivity contribution is 1.27. The highest BCUT2D eigenvalue weighted by atomic mass is 32.1. The Morgan fingerprint density at radius 3 is 2.94 bits per heavy atom. The van der Waals surface area contributed by atoms with Crippen molar-refractivity contribution in [2.45, 2.75) is 0 Å². The smallest absolute Gasteiger partial charge is 0.165 e. The minimum atomic E-state index is 0.713. The third-order valence-corrected chi connectivity index (χ3v) is 2.67. The molecule has 3 rings (SSSR count). The summed E-state index contributed by atoms with van der Waals surface area (Å²) in [6, 6.07) is 7.93. The largest absolute Gasteiger partial charge is 0.338 e. The molecular weight excluding hydrogens is 220 g/mol. The molecule has 1 aromatic carbocycles. The fraction of sp³-hybridized carbons (Fsp3) is 0. The summed E-state index contributed by atoms with van der Waals surface area (Å²) in [6.07, 6.45) is 3.72. The molecular formula is C11H8N4S. The van der Waals surface area contributed by atoms with E-state index in [2.05, 4.69) is 19.3 Å². The van der Waals surface area contributed by atoms with E-state index in [9.17, 15) is 0 Å². The molecule has 0 aliphatic rings. The number of para-hydroxylation sites is 2. The fourth-order valence-corrected chi connectivity index (χ4v) is 1.88. The van der Waals surface area contributed by atoms with Crippen molar-refractivity contribution in [2.75, 3.05) is 0 Å². The van der Waals surface area contributed by atoms with Crippen molar-refractivity contribution in [3.05, 3.63) is 41.4 Å². The number of aromatic amines is 1. The van der Waals surface area contributed by atoms with Crippen molar-refractivity contribution >= 4 is 34.7 Å². The average Bonchev–Trinajstić information content (AvgIpc) is 2.95. The maximum atomic E-state index is 4.42. The Labute approximate surface area is 95.9 Å². The van der Waals surface area contributed by atoms with E-state index in [1.165, 1.54) is 11.5 Å². The molecule has 0 unspecified atom stereocenters. The van der Waals surface area contributed by atoms with E-state index in [-0.39, 0.29) is 0 Å². The lowest BCUT2D eigenvalue weighted by Crippen LogP contribution is -1.75. The van der Waals surface area contributed by atoms with Crippen molar-refractivity contribution in [1.29, 1.82) is 0 Å². The summed E-state index contributed by atoms with van der Waals surface area (Å²) in [5, 5.41) is 0. The first-order chi connectivity index (χ1) is 7.92. The van der Waals surface area contributed by atoms with Gasteiger partial charge in [0, 0.05) is 0 Å². The zero-order valence-electron chi connectivity index (χ0n) is 8.29. The summed E-state index contributed by atoms with van der Waals surface area (Å²) < 4.78 is 4.09. The molecule has 78 valence electrons. The van der Waals surface area contributed by atoms with Gasteiger partial charge >= 0.3 is 0 Å². The predicted octanol–water partition coefficient (Wildman–Crippen LogP) is 2.58. The fourth-order valence-electron chi connectivity index (χ4n) is 1.46. The van der Waals surface area contributed by atoms with Crippen molar-refractivity contribution in [3.63, 3.8) is 0 Å². The van der Waals surface area contributed by atoms with Gasteiger partial charge in [0.25, 0.3) is 0 Å². The third-order valence-electron chi connectivity index (χ3n) is 2.18. The lowest BCUT2D eigenvalue weighted by Gasteiger charge is -1.82. The molecule has 0 saturated heterocycles. The van der Waals surface area contributed by atoms with Crippen LogP contribution in [0.1, 0.15) is 11.6 Å². The summed E-state index contributed by atoms with van der Waals surface area (Å²) in [7, 11) is 0. The molecule has 0 aliphatic heterocycles. The van der Waals surface area contributed by atoms with Gasteiger partial charge in [-0.1, -0.05) is 12.1 Å². The van der Waals surface area contributed by atoms with E-state index in [1.807, 2.05) is 36.4 Å². The molecule has 1 N–H and O–H groups in total. The Morgan fingerprint density at radius 1 is 1.19 bits per heavy atom. The molecule has 0 bridgehead atoms. The van der Waals surface area contributed by atoms with Crippen LogP contribution >= 0.6 is 11.5 Å². The zero-order valence-corrected chi connectivity index (χ0v) is 9.11. The van der Waals surface area contributed by atoms with Gasteiger partial charge in [0.2, 0.25) is 0 Å². The van der Waals surface area contributed by atoms with Crippen LogP contribution in [0, 0.1) is 0 Å². The van der Waals surface area contributed by atoms with Crippen LogP contribution in [0.4, 0.5) is 0 Å². The van der Waals surface area contributed by atoms with E-state index < -0.39 is 0 Å². The number of aromatic nitrogens is 4. The average molecular weight is 228 g/mol. The second-order valence-corrected chi connectivity index (χ2v) is 3.87. The third kappa shape index (κ3) is 1.72. The van der Waals surface area contributed by atoms with E-state index >= 15 is 0 Å². The molecule has 0 saturated carbocycles. The number of rotatable bonds is 2. The van der Waals surface area contributed by atoms with Crippen molar-refractivity contribution in [2.24, 2.45) is 0 Å². The van der Waals surface area contributed by atoms with E-state index in [0.29, 0.717) is 5.82 Å². The van der Waals surface area contributed by atoms with E-state index in [1.54, 1.807) is 5.51 Å². The summed E-state index contributed by atoms with van der Waals surface area (Å²) in [6.45, 7) is 0. The van der Waals surface area contributed by atoms with E-state index in [4.69, 9.17) is 0 Å². The Kier molecular flexibility index (Phi) is 2.23. The highest BCUT2D eigenvalue weighted by Crippen LogP contribution is 2.11. The number of benzene rings is 1. The quantitative estimate of drug-likeness (QED) is 0.733. The Balaban J connectivity index is 1.95. The van der Waals surface area contributed by atoms with Gasteiger partial charge in [0.1, 0.15) is 11.3 Å². The monoisotopic (exact) mass is 228 g/mol. The van der Waals surface area contributed by atoms with Crippen LogP contribution in [0.5, 0.6) is 0 Å². The van der Waals surface area contributed by atoms with Crippen LogP contribution in [0.15, 0.2) is 29.8 Å². The Morgan fingerprint density at radius 2 is 2.12 bits per heavy atom. The highest BCUT2D eigenvalue weighted by molar-refractivity contribution is 7.03. The molecule has 5 heteroatoms. The molecule has 2 aromatic heterocycles. The number of H-pyrrole nitrogens is 1. The number of fused-ring (bicyclic) bond motifs is 1. The van der Waals surface area contributed by atoms with Crippen LogP contribution in [-0.2, 0) is 0 Å². The standard InChI is InChI=1S/C11H8N4S/c1-2-4-9-8(3-1)13-11(14-9)6-5-10-12-7-16-15-10/h1-7H,(H,13,14)/b6-5+. The highest BCUT2D eigenvalue weighted by Gasteiger charge is 1.98. The molecule has 4 nitrogen and oxygen atoms in total. The zero-order chi connectivity index (χ0) is 10.8. The SMILES string of the molecule is C(=C\c1nc2ccccc2[nH]1)/c1ncsn1. The summed E-state index contributed by atoms with van der Waals surface area (Å²) in [5.41, 5.74) is 3.71. The predicted molar refractivity (Wildman–Crippen MR) is 64.9 cm³/mol. The van der Waals surface area contributed by atoms with E-state index in [0.717, 1.165) is 16.9 Å². The van der Waals surface area contributed by atoms with Crippen molar-refractivity contribution in [3.8, 4) is 0 Å². The van der Waals surface area contributed by atoms with Gasteiger partial charge in [-0.05, 0) is 35.8 Å². The van der Waals surface area contributed by atoms with Crippen LogP contribution in [-0.4, -0.2) is 19.3 Å². The van der Waals surface area contributed by atoms with Crippen molar-refractivity contribution in [1.82, 2.24) is 19.3 Å². The molecule has 0 fully saturated rings. The first-order valence-corrected chi connectivity index (χ1v) is 5.65. The Bertz CT molecular complexity index is 591. The topological polar surface area (TPSA) is 54.5 Å². The molecule has 0 radical (unpaired) electrons. The van der Waals surface area contributed by atoms with Crippen LogP contribution < -0.4 is 0 Å². The van der Waals surface area contributed by atoms with Gasteiger partial charge < -0.3 is 4.98 Å². The van der Waals surface area contributed by atoms with Gasteiger partial charge in [-0.25, -0.2) is 9.97 Å². The maximum Gasteiger partial charge on any atom is 0.165 e. The minimum Gasteiger partial charge on any atom is -0.338 e. The minimum absolute atomic E-state index is 0.713. The first-order valence-electron chi connectivity index (χ1n) is 4.81. The molecule has 0 atom stereocenters. The number of hydrogen-bond donors (Lipinski definition) is 1. The summed E-state index contributed by atoms with van der Waals surface area (Å²) >= 11 is 1.34. The summed E-state index contributed by atoms with van der Waals surface area (Å²) in [5.74, 6) is 1.53. The molecule has 0 spiro atoms. The second kappa shape index (κ2) is 3.86. The molecule has 0 amide bonds. The summed E-state index contributed by atoms with van der Waals surface area (Å²) in [4.78, 5) is 11.7. The molecule has 16 heavy (non-hydrogen) atoms. The van der Waals surface area contributed by atoms with Gasteiger partial charge in [-0.2, -0.15) is 4.37 Å². The molecule has 2 heterocycles. The van der Waals surface area contributed by atoms with Crippen LogP contribution in [0.3, 0.4) is 0 Å². The number of hydrogen-bond acceptors (Lipinski definition) is 4. The number of nitrogens with one attached hydrogen (secondary N) is 1. The molecule has 0 aliphatic carbocycles. The Hall–Kier alpha value is -2.01. The first kappa shape index (κ1) is 9.23. The number of nitrogens with zero attached hydrogens (tertiary/aromatic N) is 3.